The Morgan fingerprint density at radius 2 is 0.931 bits per heavy atom. The van der Waals surface area contributed by atoms with Crippen molar-refractivity contribution in [1.29, 1.82) is 0 Å². The second-order valence-electron chi connectivity index (χ2n) is 8.97. The van der Waals surface area contributed by atoms with Gasteiger partial charge in [0.2, 0.25) is 0 Å². The third-order valence-electron chi connectivity index (χ3n) is 4.52. The van der Waals surface area contributed by atoms with Gasteiger partial charge in [0.15, 0.2) is 0 Å². The van der Waals surface area contributed by atoms with E-state index in [9.17, 15) is 0 Å². The Morgan fingerprint density at radius 3 is 1.21 bits per heavy atom. The van der Waals surface area contributed by atoms with E-state index in [0.717, 1.165) is 22.8 Å². The van der Waals surface area contributed by atoms with Crippen molar-refractivity contribution in [3.63, 3.8) is 0 Å². The summed E-state index contributed by atoms with van der Waals surface area (Å²) in [4.78, 5) is 9.80. The fraction of sp³-hybridized carbons (Fsp3) is 0.417. The SMILES string of the molecule is CC(=Nc1ccccc1C(C)(C)C)C(C)=Nc1ccccc1C(C)(C)C.[Br][Ni][Br]. The summed E-state index contributed by atoms with van der Waals surface area (Å²) in [5, 5.41) is 0. The molecule has 0 unspecified atom stereocenters. The Morgan fingerprint density at radius 1 is 0.655 bits per heavy atom. The van der Waals surface area contributed by atoms with Crippen molar-refractivity contribution in [3.8, 4) is 0 Å². The normalized spacial score (nSPS) is 13.2. The molecule has 29 heavy (non-hydrogen) atoms. The van der Waals surface area contributed by atoms with Crippen LogP contribution in [0.15, 0.2) is 58.5 Å². The first-order chi connectivity index (χ1) is 13.4. The van der Waals surface area contributed by atoms with Crippen LogP contribution < -0.4 is 0 Å². The molecule has 0 aliphatic carbocycles. The van der Waals surface area contributed by atoms with Crippen molar-refractivity contribution < 1.29 is 10.9 Å². The number of benzene rings is 2. The molecule has 2 aromatic carbocycles. The summed E-state index contributed by atoms with van der Waals surface area (Å²) in [6.07, 6.45) is 0. The van der Waals surface area contributed by atoms with Gasteiger partial charge in [-0.05, 0) is 47.9 Å². The number of para-hydroxylation sites is 2. The third-order valence-corrected chi connectivity index (χ3v) is 4.52. The maximum atomic E-state index is 4.90. The molecule has 0 aliphatic rings. The molecule has 0 saturated heterocycles. The molecule has 0 saturated carbocycles. The molecule has 2 aromatic rings. The summed E-state index contributed by atoms with van der Waals surface area (Å²) >= 11 is 6.00. The molecule has 0 heterocycles. The van der Waals surface area contributed by atoms with Crippen molar-refractivity contribution in [2.24, 2.45) is 9.98 Å². The second kappa shape index (κ2) is 11.6. The summed E-state index contributed by atoms with van der Waals surface area (Å²) in [6.45, 7) is 17.4. The first-order valence-corrected chi connectivity index (χ1v) is 14.4. The number of halogens is 2. The Labute approximate surface area is 197 Å². The minimum absolute atomic E-state index is 0.0598. The number of nitrogens with zero attached hydrogens (tertiary/aromatic N) is 2. The van der Waals surface area contributed by atoms with Crippen LogP contribution in [0.4, 0.5) is 11.4 Å². The quantitative estimate of drug-likeness (QED) is 0.262. The van der Waals surface area contributed by atoms with Crippen LogP contribution in [0.1, 0.15) is 66.5 Å². The van der Waals surface area contributed by atoms with Crippen LogP contribution in [0.2, 0.25) is 0 Å². The van der Waals surface area contributed by atoms with Crippen LogP contribution in [0.3, 0.4) is 0 Å². The van der Waals surface area contributed by atoms with Crippen molar-refractivity contribution >= 4 is 51.2 Å². The minimum atomic E-state index is 0.0598. The molecular formula is C24H32Br2N2Ni. The summed E-state index contributed by atoms with van der Waals surface area (Å²) in [6, 6.07) is 16.7. The van der Waals surface area contributed by atoms with E-state index in [1.807, 2.05) is 26.0 Å². The van der Waals surface area contributed by atoms with Gasteiger partial charge >= 0.3 is 39.3 Å². The van der Waals surface area contributed by atoms with Crippen LogP contribution in [-0.4, -0.2) is 11.4 Å². The monoisotopic (exact) mass is 564 g/mol. The molecule has 0 bridgehead atoms. The van der Waals surface area contributed by atoms with E-state index in [-0.39, 0.29) is 10.8 Å². The molecule has 0 N–H and O–H groups in total. The first-order valence-electron chi connectivity index (χ1n) is 9.54. The van der Waals surface area contributed by atoms with Crippen LogP contribution in [0, 0.1) is 0 Å². The van der Waals surface area contributed by atoms with Crippen LogP contribution in [-0.2, 0) is 21.7 Å². The van der Waals surface area contributed by atoms with Crippen LogP contribution in [0.25, 0.3) is 0 Å². The average molecular weight is 567 g/mol. The summed E-state index contributed by atoms with van der Waals surface area (Å²) in [7, 11) is 1.25. The molecule has 0 aliphatic heterocycles. The Hall–Kier alpha value is -0.766. The van der Waals surface area contributed by atoms with Gasteiger partial charge < -0.3 is 0 Å². The third kappa shape index (κ3) is 8.47. The average Bonchev–Trinajstić information content (AvgIpc) is 2.61. The van der Waals surface area contributed by atoms with Gasteiger partial charge in [0.1, 0.15) is 0 Å². The maximum absolute atomic E-state index is 4.90. The van der Waals surface area contributed by atoms with Crippen molar-refractivity contribution in [2.75, 3.05) is 0 Å². The van der Waals surface area contributed by atoms with E-state index in [4.69, 9.17) is 9.98 Å². The number of hydrogen-bond donors (Lipinski definition) is 0. The fourth-order valence-corrected chi connectivity index (χ4v) is 2.93. The van der Waals surface area contributed by atoms with Gasteiger partial charge in [-0.3, -0.25) is 9.98 Å². The molecule has 162 valence electrons. The predicted molar refractivity (Wildman–Crippen MR) is 134 cm³/mol. The van der Waals surface area contributed by atoms with Gasteiger partial charge in [-0.25, -0.2) is 0 Å². The van der Waals surface area contributed by atoms with Crippen molar-refractivity contribution in [1.82, 2.24) is 0 Å². The molecule has 2 nitrogen and oxygen atoms in total. The molecule has 0 fully saturated rings. The van der Waals surface area contributed by atoms with Gasteiger partial charge in [-0.1, -0.05) is 77.9 Å². The molecule has 0 atom stereocenters. The van der Waals surface area contributed by atoms with Crippen LogP contribution >= 0.6 is 28.5 Å². The van der Waals surface area contributed by atoms with Crippen molar-refractivity contribution in [3.05, 3.63) is 59.7 Å². The molecule has 2 rings (SSSR count). The molecule has 5 heteroatoms. The van der Waals surface area contributed by atoms with Gasteiger partial charge in [0.25, 0.3) is 0 Å². The van der Waals surface area contributed by atoms with Gasteiger partial charge in [-0.15, -0.1) is 0 Å². The van der Waals surface area contributed by atoms with Gasteiger partial charge in [0, 0.05) is 0 Å². The zero-order valence-electron chi connectivity index (χ0n) is 18.6. The van der Waals surface area contributed by atoms with E-state index in [1.165, 1.54) is 22.0 Å². The molecule has 0 spiro atoms. The molecular weight excluding hydrogens is 535 g/mol. The molecule has 0 radical (unpaired) electrons. The van der Waals surface area contributed by atoms with E-state index < -0.39 is 0 Å². The summed E-state index contributed by atoms with van der Waals surface area (Å²) in [5.41, 5.74) is 6.57. The van der Waals surface area contributed by atoms with Gasteiger partial charge in [-0.2, -0.15) is 0 Å². The van der Waals surface area contributed by atoms with Crippen molar-refractivity contribution in [2.45, 2.75) is 66.2 Å². The zero-order valence-corrected chi connectivity index (χ0v) is 22.7. The summed E-state index contributed by atoms with van der Waals surface area (Å²) in [5.74, 6) is 0. The Bertz CT molecular complexity index is 788. The number of hydrogen-bond acceptors (Lipinski definition) is 2. The van der Waals surface area contributed by atoms with E-state index in [1.54, 1.807) is 0 Å². The number of rotatable bonds is 3. The first kappa shape index (κ1) is 26.3. The van der Waals surface area contributed by atoms with Crippen LogP contribution in [0.5, 0.6) is 0 Å². The summed E-state index contributed by atoms with van der Waals surface area (Å²) < 4.78 is 0. The molecule has 0 aromatic heterocycles. The van der Waals surface area contributed by atoms with Gasteiger partial charge in [0.05, 0.1) is 22.8 Å². The Kier molecular flexibility index (Phi) is 10.5. The van der Waals surface area contributed by atoms with E-state index in [0.29, 0.717) is 0 Å². The predicted octanol–water partition coefficient (Wildman–Crippen LogP) is 8.86. The topological polar surface area (TPSA) is 24.7 Å². The Balaban J connectivity index is 0.00000132. The fourth-order valence-electron chi connectivity index (χ4n) is 2.93. The van der Waals surface area contributed by atoms with E-state index in [2.05, 4.69) is 106 Å². The van der Waals surface area contributed by atoms with E-state index >= 15 is 0 Å². The second-order valence-corrected chi connectivity index (χ2v) is 14.0. The molecule has 0 amide bonds. The number of aliphatic imine (C=N–C) groups is 2. The standard InChI is InChI=1S/C24H32N2.2BrH.Ni/c1-17(25-21-15-11-9-13-19(21)23(3,4)5)18(2)26-22-16-12-10-14-20(22)24(6,7)8;;;/h9-16H,1-8H3;2*1H;/q;;;+2/p-2. The zero-order chi connectivity index (χ0) is 22.2.